The molecule has 3 rings (SSSR count). The third-order valence-electron chi connectivity index (χ3n) is 4.54. The molecule has 12 heteroatoms. The number of carboxylic acid groups (broad SMARTS) is 1. The smallest absolute Gasteiger partial charge is 0.323 e. The predicted octanol–water partition coefficient (Wildman–Crippen LogP) is 3.37. The van der Waals surface area contributed by atoms with Crippen LogP contribution in [0.3, 0.4) is 0 Å². The topological polar surface area (TPSA) is 119 Å². The number of benzene rings is 2. The largest absolute Gasteiger partial charge is 0.480 e. The SMILES string of the molecule is COC(=O)[C@@H](N)Cc1ccc(Oc2ccc(C=C3SC(=S)N(CC(=O)O)C3=O)c(F)c2)cc1.Cl. The van der Waals surface area contributed by atoms with Crippen molar-refractivity contribution in [1.82, 2.24) is 4.90 Å². The van der Waals surface area contributed by atoms with Crippen LogP contribution in [0.2, 0.25) is 0 Å². The van der Waals surface area contributed by atoms with Gasteiger partial charge in [0.1, 0.15) is 34.2 Å². The van der Waals surface area contributed by atoms with E-state index in [0.717, 1.165) is 22.2 Å². The molecule has 0 bridgehead atoms. The van der Waals surface area contributed by atoms with E-state index in [0.29, 0.717) is 12.2 Å². The van der Waals surface area contributed by atoms with Crippen molar-refractivity contribution in [3.05, 3.63) is 64.3 Å². The van der Waals surface area contributed by atoms with Gasteiger partial charge in [-0.1, -0.05) is 36.1 Å². The Morgan fingerprint density at radius 1 is 1.24 bits per heavy atom. The molecule has 0 unspecified atom stereocenters. The van der Waals surface area contributed by atoms with Crippen LogP contribution in [0.4, 0.5) is 4.39 Å². The van der Waals surface area contributed by atoms with E-state index in [1.54, 1.807) is 24.3 Å². The zero-order chi connectivity index (χ0) is 24.1. The van der Waals surface area contributed by atoms with Crippen molar-refractivity contribution >= 4 is 64.6 Å². The molecule has 34 heavy (non-hydrogen) atoms. The summed E-state index contributed by atoms with van der Waals surface area (Å²) in [6, 6.07) is 10.2. The highest BCUT2D eigenvalue weighted by molar-refractivity contribution is 8.26. The van der Waals surface area contributed by atoms with Gasteiger partial charge in [-0.05, 0) is 42.3 Å². The first kappa shape index (κ1) is 27.3. The van der Waals surface area contributed by atoms with Crippen LogP contribution >= 0.6 is 36.4 Å². The molecule has 2 aromatic rings. The highest BCUT2D eigenvalue weighted by atomic mass is 35.5. The summed E-state index contributed by atoms with van der Waals surface area (Å²) in [5.74, 6) is -2.22. The number of carboxylic acids is 1. The zero-order valence-corrected chi connectivity index (χ0v) is 20.2. The first-order valence-corrected chi connectivity index (χ1v) is 10.8. The molecule has 3 N–H and O–H groups in total. The molecule has 0 aliphatic carbocycles. The summed E-state index contributed by atoms with van der Waals surface area (Å²) in [5.41, 5.74) is 6.68. The normalized spacial score (nSPS) is 15.1. The lowest BCUT2D eigenvalue weighted by molar-refractivity contribution is -0.142. The van der Waals surface area contributed by atoms with Crippen LogP contribution in [0.5, 0.6) is 11.5 Å². The fourth-order valence-corrected chi connectivity index (χ4v) is 4.17. The van der Waals surface area contributed by atoms with Gasteiger partial charge in [-0.15, -0.1) is 12.4 Å². The standard InChI is InChI=1S/C22H19FN2O6S2.ClH/c1-30-21(29)17(24)8-12-2-5-14(6-3-12)31-15-7-4-13(16(23)10-15)9-18-20(28)25(11-19(26)27)22(32)33-18;/h2-7,9-10,17H,8,11,24H2,1H3,(H,26,27);1H/t17-;/m0./s1. The van der Waals surface area contributed by atoms with Gasteiger partial charge >= 0.3 is 11.9 Å². The zero-order valence-electron chi connectivity index (χ0n) is 17.7. The molecule has 1 heterocycles. The first-order chi connectivity index (χ1) is 15.7. The number of halogens is 2. The minimum atomic E-state index is -1.19. The molecule has 1 saturated heterocycles. The van der Waals surface area contributed by atoms with Crippen molar-refractivity contribution in [2.24, 2.45) is 5.73 Å². The van der Waals surface area contributed by atoms with Gasteiger partial charge in [0, 0.05) is 11.6 Å². The number of nitrogens with two attached hydrogens (primary N) is 1. The predicted molar refractivity (Wildman–Crippen MR) is 131 cm³/mol. The van der Waals surface area contributed by atoms with Gasteiger partial charge in [-0.25, -0.2) is 4.39 Å². The maximum Gasteiger partial charge on any atom is 0.323 e. The average molecular weight is 527 g/mol. The summed E-state index contributed by atoms with van der Waals surface area (Å²) in [4.78, 5) is 35.7. The molecule has 180 valence electrons. The van der Waals surface area contributed by atoms with Crippen LogP contribution in [-0.4, -0.2) is 51.9 Å². The van der Waals surface area contributed by atoms with Gasteiger partial charge in [0.2, 0.25) is 0 Å². The van der Waals surface area contributed by atoms with E-state index in [-0.39, 0.29) is 32.9 Å². The summed E-state index contributed by atoms with van der Waals surface area (Å²) in [6.07, 6.45) is 1.62. The van der Waals surface area contributed by atoms with Crippen LogP contribution in [0.1, 0.15) is 11.1 Å². The van der Waals surface area contributed by atoms with Crippen molar-refractivity contribution in [2.45, 2.75) is 12.5 Å². The van der Waals surface area contributed by atoms with E-state index in [4.69, 9.17) is 27.8 Å². The van der Waals surface area contributed by atoms with Crippen LogP contribution in [0, 0.1) is 5.82 Å². The number of thiocarbonyl (C=S) groups is 1. The molecule has 1 amide bonds. The third kappa shape index (κ3) is 6.76. The van der Waals surface area contributed by atoms with E-state index >= 15 is 0 Å². The first-order valence-electron chi connectivity index (χ1n) is 9.55. The van der Waals surface area contributed by atoms with Crippen molar-refractivity contribution < 1.29 is 33.4 Å². The van der Waals surface area contributed by atoms with Crippen LogP contribution in [0.15, 0.2) is 47.4 Å². The van der Waals surface area contributed by atoms with Gasteiger partial charge in [0.25, 0.3) is 5.91 Å². The Balaban J connectivity index is 0.00000408. The number of esters is 1. The van der Waals surface area contributed by atoms with Crippen molar-refractivity contribution in [3.8, 4) is 11.5 Å². The number of thioether (sulfide) groups is 1. The minimum Gasteiger partial charge on any atom is -0.480 e. The number of ether oxygens (including phenoxy) is 2. The number of rotatable bonds is 8. The number of hydrogen-bond acceptors (Lipinski definition) is 8. The van der Waals surface area contributed by atoms with Crippen molar-refractivity contribution in [2.75, 3.05) is 13.7 Å². The molecule has 0 saturated carbocycles. The number of carbonyl (C=O) groups excluding carboxylic acids is 2. The number of hydrogen-bond donors (Lipinski definition) is 2. The Bertz CT molecular complexity index is 1140. The van der Waals surface area contributed by atoms with Crippen molar-refractivity contribution in [1.29, 1.82) is 0 Å². The molecule has 1 aliphatic heterocycles. The van der Waals surface area contributed by atoms with E-state index in [2.05, 4.69) is 4.74 Å². The van der Waals surface area contributed by atoms with Gasteiger partial charge in [-0.2, -0.15) is 0 Å². The number of carbonyl (C=O) groups is 3. The van der Waals surface area contributed by atoms with Gasteiger partial charge in [0.15, 0.2) is 0 Å². The second kappa shape index (κ2) is 11.9. The van der Waals surface area contributed by atoms with E-state index in [9.17, 15) is 18.8 Å². The number of amides is 1. The Hall–Kier alpha value is -2.99. The highest BCUT2D eigenvalue weighted by Gasteiger charge is 2.33. The lowest BCUT2D eigenvalue weighted by atomic mass is 10.1. The Morgan fingerprint density at radius 2 is 1.88 bits per heavy atom. The monoisotopic (exact) mass is 526 g/mol. The maximum atomic E-state index is 14.6. The lowest BCUT2D eigenvalue weighted by Gasteiger charge is -2.11. The fourth-order valence-electron chi connectivity index (χ4n) is 2.92. The summed E-state index contributed by atoms with van der Waals surface area (Å²) >= 11 is 5.94. The van der Waals surface area contributed by atoms with Crippen LogP contribution < -0.4 is 10.5 Å². The molecule has 0 spiro atoms. The van der Waals surface area contributed by atoms with E-state index < -0.39 is 36.2 Å². The van der Waals surface area contributed by atoms with E-state index in [1.807, 2.05) is 0 Å². The lowest BCUT2D eigenvalue weighted by Crippen LogP contribution is -2.33. The summed E-state index contributed by atoms with van der Waals surface area (Å²) < 4.78 is 25.0. The fraction of sp³-hybridized carbons (Fsp3) is 0.182. The van der Waals surface area contributed by atoms with Crippen LogP contribution in [-0.2, 0) is 25.5 Å². The molecule has 1 aliphatic rings. The molecule has 0 aromatic heterocycles. The maximum absolute atomic E-state index is 14.6. The van der Waals surface area contributed by atoms with Gasteiger partial charge in [-0.3, -0.25) is 19.3 Å². The molecular weight excluding hydrogens is 507 g/mol. The highest BCUT2D eigenvalue weighted by Crippen LogP contribution is 2.33. The minimum absolute atomic E-state index is 0. The summed E-state index contributed by atoms with van der Waals surface area (Å²) in [7, 11) is 1.27. The molecule has 1 atom stereocenters. The number of methoxy groups -OCH3 is 1. The van der Waals surface area contributed by atoms with Crippen molar-refractivity contribution in [3.63, 3.8) is 0 Å². The summed E-state index contributed by atoms with van der Waals surface area (Å²) in [5, 5.41) is 8.89. The number of aliphatic carboxylic acids is 1. The molecule has 0 radical (unpaired) electrons. The second-order valence-electron chi connectivity index (χ2n) is 6.92. The van der Waals surface area contributed by atoms with Gasteiger partial charge < -0.3 is 20.3 Å². The van der Waals surface area contributed by atoms with Gasteiger partial charge in [0.05, 0.1) is 12.0 Å². The average Bonchev–Trinajstić information content (AvgIpc) is 3.03. The molecular formula is C22H20ClFN2O6S2. The Morgan fingerprint density at radius 3 is 2.47 bits per heavy atom. The van der Waals surface area contributed by atoms with E-state index in [1.165, 1.54) is 31.4 Å². The third-order valence-corrected chi connectivity index (χ3v) is 5.92. The summed E-state index contributed by atoms with van der Waals surface area (Å²) in [6.45, 7) is -0.551. The Kier molecular flexibility index (Phi) is 9.56. The molecule has 1 fully saturated rings. The quantitative estimate of drug-likeness (QED) is 0.303. The molecule has 2 aromatic carbocycles. The second-order valence-corrected chi connectivity index (χ2v) is 8.60. The Labute approximate surface area is 210 Å². The van der Waals surface area contributed by atoms with Crippen LogP contribution in [0.25, 0.3) is 6.08 Å². The number of nitrogens with zero attached hydrogens (tertiary/aromatic N) is 1. The molecule has 8 nitrogen and oxygen atoms in total.